The number of nitrogens with zero attached hydrogens (tertiary/aromatic N) is 1. The van der Waals surface area contributed by atoms with Crippen LogP contribution in [0.15, 0.2) is 23.1 Å². The third-order valence-corrected chi connectivity index (χ3v) is 5.84. The Labute approximate surface area is 124 Å². The number of nitrogens with one attached hydrogen (secondary N) is 2. The van der Waals surface area contributed by atoms with Gasteiger partial charge in [0.25, 0.3) is 5.91 Å². The molecule has 0 unspecified atom stereocenters. The van der Waals surface area contributed by atoms with Crippen molar-refractivity contribution in [3.63, 3.8) is 0 Å². The van der Waals surface area contributed by atoms with Gasteiger partial charge >= 0.3 is 0 Å². The molecule has 114 valence electrons. The summed E-state index contributed by atoms with van der Waals surface area (Å²) >= 11 is 0. The number of carbonyl (C=O) groups is 1. The van der Waals surface area contributed by atoms with Crippen molar-refractivity contribution in [1.29, 1.82) is 0 Å². The third kappa shape index (κ3) is 2.68. The van der Waals surface area contributed by atoms with Crippen LogP contribution in [-0.2, 0) is 16.4 Å². The quantitative estimate of drug-likeness (QED) is 0.803. The van der Waals surface area contributed by atoms with Crippen molar-refractivity contribution in [2.24, 2.45) is 0 Å². The summed E-state index contributed by atoms with van der Waals surface area (Å²) < 4.78 is 26.9. The highest BCUT2D eigenvalue weighted by Gasteiger charge is 2.29. The lowest BCUT2D eigenvalue weighted by atomic mass is 10.0. The summed E-state index contributed by atoms with van der Waals surface area (Å²) in [6, 6.07) is 5.01. The zero-order chi connectivity index (χ0) is 15.0. The summed E-state index contributed by atoms with van der Waals surface area (Å²) in [4.78, 5) is 12.1. The molecule has 2 aliphatic rings. The molecular formula is C14H19N3O3S. The lowest BCUT2D eigenvalue weighted by molar-refractivity contribution is 0.0945. The van der Waals surface area contributed by atoms with Crippen LogP contribution in [0, 0.1) is 0 Å². The molecule has 2 heterocycles. The fourth-order valence-electron chi connectivity index (χ4n) is 2.82. The van der Waals surface area contributed by atoms with Crippen LogP contribution in [0.25, 0.3) is 0 Å². The van der Waals surface area contributed by atoms with Gasteiger partial charge in [-0.15, -0.1) is 0 Å². The van der Waals surface area contributed by atoms with E-state index in [2.05, 4.69) is 10.6 Å². The van der Waals surface area contributed by atoms with Crippen molar-refractivity contribution in [3.8, 4) is 0 Å². The SMILES string of the molecule is C[C@H]1CN(S(=O)(=O)c2ccc3c(c2)C(=O)NCC3)CCN1. The lowest BCUT2D eigenvalue weighted by Crippen LogP contribution is -2.51. The van der Waals surface area contributed by atoms with Crippen LogP contribution in [0.4, 0.5) is 0 Å². The number of fused-ring (bicyclic) bond motifs is 1. The highest BCUT2D eigenvalue weighted by molar-refractivity contribution is 7.89. The fraction of sp³-hybridized carbons (Fsp3) is 0.500. The summed E-state index contributed by atoms with van der Waals surface area (Å²) in [5.74, 6) is -0.193. The highest BCUT2D eigenvalue weighted by atomic mass is 32.2. The molecule has 1 aromatic rings. The lowest BCUT2D eigenvalue weighted by Gasteiger charge is -2.31. The topological polar surface area (TPSA) is 78.5 Å². The highest BCUT2D eigenvalue weighted by Crippen LogP contribution is 2.22. The average Bonchev–Trinajstić information content (AvgIpc) is 2.47. The molecule has 2 N–H and O–H groups in total. The fourth-order valence-corrected chi connectivity index (χ4v) is 4.37. The van der Waals surface area contributed by atoms with Crippen LogP contribution in [-0.4, -0.2) is 50.9 Å². The number of benzene rings is 1. The predicted octanol–water partition coefficient (Wildman–Crippen LogP) is -0.0451. The Balaban J connectivity index is 1.96. The second kappa shape index (κ2) is 5.40. The Hall–Kier alpha value is -1.44. The van der Waals surface area contributed by atoms with Gasteiger partial charge in [0.15, 0.2) is 0 Å². The Morgan fingerprint density at radius 3 is 2.86 bits per heavy atom. The van der Waals surface area contributed by atoms with E-state index in [9.17, 15) is 13.2 Å². The summed E-state index contributed by atoms with van der Waals surface area (Å²) in [7, 11) is -3.54. The predicted molar refractivity (Wildman–Crippen MR) is 78.7 cm³/mol. The monoisotopic (exact) mass is 309 g/mol. The Bertz CT molecular complexity index is 672. The Morgan fingerprint density at radius 1 is 1.29 bits per heavy atom. The molecule has 3 rings (SSSR count). The normalized spacial score (nSPS) is 23.5. The van der Waals surface area contributed by atoms with Gasteiger partial charge in [-0.25, -0.2) is 8.42 Å². The van der Waals surface area contributed by atoms with Gasteiger partial charge in [-0.05, 0) is 31.0 Å². The van der Waals surface area contributed by atoms with Crippen LogP contribution in [0.3, 0.4) is 0 Å². The van der Waals surface area contributed by atoms with Gasteiger partial charge in [0.1, 0.15) is 0 Å². The molecule has 2 aliphatic heterocycles. The number of rotatable bonds is 2. The van der Waals surface area contributed by atoms with E-state index in [4.69, 9.17) is 0 Å². The first kappa shape index (κ1) is 14.5. The van der Waals surface area contributed by atoms with Gasteiger partial charge in [-0.1, -0.05) is 6.07 Å². The largest absolute Gasteiger partial charge is 0.352 e. The minimum Gasteiger partial charge on any atom is -0.352 e. The third-order valence-electron chi connectivity index (χ3n) is 3.98. The number of piperazine rings is 1. The summed E-state index contributed by atoms with van der Waals surface area (Å²) in [6.07, 6.45) is 0.742. The van der Waals surface area contributed by atoms with E-state index in [1.165, 1.54) is 10.4 Å². The number of amides is 1. The first-order chi connectivity index (χ1) is 9.98. The summed E-state index contributed by atoms with van der Waals surface area (Å²) in [6.45, 7) is 4.11. The van der Waals surface area contributed by atoms with Gasteiger partial charge in [-0.3, -0.25) is 4.79 Å². The van der Waals surface area contributed by atoms with Gasteiger partial charge in [0.2, 0.25) is 10.0 Å². The number of hydrogen-bond donors (Lipinski definition) is 2. The number of hydrogen-bond acceptors (Lipinski definition) is 4. The zero-order valence-electron chi connectivity index (χ0n) is 11.9. The van der Waals surface area contributed by atoms with E-state index in [1.54, 1.807) is 12.1 Å². The number of sulfonamides is 1. The van der Waals surface area contributed by atoms with E-state index in [0.29, 0.717) is 31.7 Å². The molecule has 0 aromatic heterocycles. The maximum absolute atomic E-state index is 12.7. The molecule has 0 saturated carbocycles. The molecule has 0 radical (unpaired) electrons. The van der Waals surface area contributed by atoms with Crippen LogP contribution in [0.5, 0.6) is 0 Å². The van der Waals surface area contributed by atoms with Crippen LogP contribution >= 0.6 is 0 Å². The Kier molecular flexibility index (Phi) is 3.73. The van der Waals surface area contributed by atoms with Crippen molar-refractivity contribution in [3.05, 3.63) is 29.3 Å². The minimum absolute atomic E-state index is 0.134. The number of carbonyl (C=O) groups excluding carboxylic acids is 1. The van der Waals surface area contributed by atoms with Crippen LogP contribution in [0.2, 0.25) is 0 Å². The summed E-state index contributed by atoms with van der Waals surface area (Å²) in [5.41, 5.74) is 1.39. The van der Waals surface area contributed by atoms with E-state index >= 15 is 0 Å². The van der Waals surface area contributed by atoms with Gasteiger partial charge < -0.3 is 10.6 Å². The van der Waals surface area contributed by atoms with E-state index < -0.39 is 10.0 Å². The molecule has 0 spiro atoms. The van der Waals surface area contributed by atoms with Gasteiger partial charge in [-0.2, -0.15) is 4.31 Å². The standard InChI is InChI=1S/C14H19N3O3S/c1-10-9-17(7-6-15-10)21(19,20)12-3-2-11-4-5-16-14(18)13(11)8-12/h2-3,8,10,15H,4-7,9H2,1H3,(H,16,18)/t10-/m0/s1. The van der Waals surface area contributed by atoms with Crippen molar-refractivity contribution in [1.82, 2.24) is 14.9 Å². The molecule has 1 aromatic carbocycles. The molecule has 0 bridgehead atoms. The second-order valence-corrected chi connectivity index (χ2v) is 7.48. The molecule has 0 aliphatic carbocycles. The second-order valence-electron chi connectivity index (χ2n) is 5.54. The van der Waals surface area contributed by atoms with Gasteiger partial charge in [0, 0.05) is 37.8 Å². The van der Waals surface area contributed by atoms with Crippen LogP contribution in [0.1, 0.15) is 22.8 Å². The molecule has 1 amide bonds. The first-order valence-electron chi connectivity index (χ1n) is 7.13. The molecule has 1 atom stereocenters. The smallest absolute Gasteiger partial charge is 0.251 e. The average molecular weight is 309 g/mol. The molecule has 1 saturated heterocycles. The van der Waals surface area contributed by atoms with Crippen molar-refractivity contribution in [2.45, 2.75) is 24.3 Å². The van der Waals surface area contributed by atoms with Crippen LogP contribution < -0.4 is 10.6 Å². The van der Waals surface area contributed by atoms with E-state index in [1.807, 2.05) is 6.92 Å². The first-order valence-corrected chi connectivity index (χ1v) is 8.57. The molecule has 7 heteroatoms. The molecule has 1 fully saturated rings. The van der Waals surface area contributed by atoms with E-state index in [0.717, 1.165) is 12.0 Å². The maximum Gasteiger partial charge on any atom is 0.251 e. The maximum atomic E-state index is 12.7. The molecular weight excluding hydrogens is 290 g/mol. The van der Waals surface area contributed by atoms with Crippen molar-refractivity contribution < 1.29 is 13.2 Å². The molecule has 6 nitrogen and oxygen atoms in total. The molecule has 21 heavy (non-hydrogen) atoms. The minimum atomic E-state index is -3.54. The van der Waals surface area contributed by atoms with Gasteiger partial charge in [0.05, 0.1) is 4.90 Å². The Morgan fingerprint density at radius 2 is 2.10 bits per heavy atom. The van der Waals surface area contributed by atoms with Crippen molar-refractivity contribution >= 4 is 15.9 Å². The van der Waals surface area contributed by atoms with E-state index in [-0.39, 0.29) is 16.8 Å². The van der Waals surface area contributed by atoms with Crippen molar-refractivity contribution in [2.75, 3.05) is 26.2 Å². The summed E-state index contributed by atoms with van der Waals surface area (Å²) in [5, 5.41) is 5.97. The zero-order valence-corrected chi connectivity index (χ0v) is 12.7.